The van der Waals surface area contributed by atoms with Crippen molar-refractivity contribution in [2.75, 3.05) is 25.5 Å². The monoisotopic (exact) mass is 312 g/mol. The van der Waals surface area contributed by atoms with E-state index in [-0.39, 0.29) is 5.56 Å². The fraction of sp³-hybridized carbons (Fsp3) is 0.444. The molecule has 1 fully saturated rings. The second kappa shape index (κ2) is 6.54. The van der Waals surface area contributed by atoms with Crippen LogP contribution in [0.1, 0.15) is 23.5 Å². The predicted octanol–water partition coefficient (Wildman–Crippen LogP) is 1.99. The van der Waals surface area contributed by atoms with Gasteiger partial charge in [0.25, 0.3) is 5.56 Å². The van der Waals surface area contributed by atoms with E-state index in [1.165, 1.54) is 10.2 Å². The number of hydrogen-bond acceptors (Lipinski definition) is 4. The minimum atomic E-state index is -0.0428. The molecule has 0 bridgehead atoms. The van der Waals surface area contributed by atoms with Gasteiger partial charge in [-0.05, 0) is 31.9 Å². The zero-order valence-corrected chi connectivity index (χ0v) is 14.0. The highest BCUT2D eigenvalue weighted by atomic mass is 16.1. The third kappa shape index (κ3) is 3.45. The van der Waals surface area contributed by atoms with Gasteiger partial charge in [0.05, 0.1) is 11.9 Å². The van der Waals surface area contributed by atoms with Gasteiger partial charge in [0.15, 0.2) is 0 Å². The molecule has 2 atom stereocenters. The lowest BCUT2D eigenvalue weighted by atomic mass is 9.88. The molecule has 0 radical (unpaired) electrons. The normalized spacial score (nSPS) is 22.0. The van der Waals surface area contributed by atoms with Crippen molar-refractivity contribution in [3.05, 3.63) is 58.0 Å². The molecule has 1 saturated heterocycles. The topological polar surface area (TPSA) is 50.2 Å². The van der Waals surface area contributed by atoms with Crippen LogP contribution in [-0.4, -0.2) is 40.9 Å². The Labute approximate surface area is 136 Å². The van der Waals surface area contributed by atoms with Crippen molar-refractivity contribution in [2.24, 2.45) is 7.05 Å². The lowest BCUT2D eigenvalue weighted by Gasteiger charge is -2.37. The molecule has 5 heteroatoms. The lowest BCUT2D eigenvalue weighted by Crippen LogP contribution is -2.43. The van der Waals surface area contributed by atoms with E-state index >= 15 is 0 Å². The molecule has 1 aromatic heterocycles. The highest BCUT2D eigenvalue weighted by molar-refractivity contribution is 5.48. The summed E-state index contributed by atoms with van der Waals surface area (Å²) >= 11 is 0. The van der Waals surface area contributed by atoms with E-state index in [0.29, 0.717) is 12.0 Å². The first-order valence-corrected chi connectivity index (χ1v) is 8.07. The molecule has 0 spiro atoms. The SMILES string of the molecule is Cc1c(NC2CC(c3ccccc3)CN(C)C2)cnn(C)c1=O. The summed E-state index contributed by atoms with van der Waals surface area (Å²) in [5.74, 6) is 0.507. The quantitative estimate of drug-likeness (QED) is 0.942. The molecule has 5 nitrogen and oxygen atoms in total. The third-order valence-corrected chi connectivity index (χ3v) is 4.64. The van der Waals surface area contributed by atoms with Gasteiger partial charge in [0.1, 0.15) is 0 Å². The van der Waals surface area contributed by atoms with Crippen molar-refractivity contribution in [1.29, 1.82) is 0 Å². The smallest absolute Gasteiger partial charge is 0.271 e. The molecule has 0 saturated carbocycles. The number of anilines is 1. The number of piperidine rings is 1. The summed E-state index contributed by atoms with van der Waals surface area (Å²) < 4.78 is 1.38. The zero-order valence-electron chi connectivity index (χ0n) is 14.0. The summed E-state index contributed by atoms with van der Waals surface area (Å²) in [6.45, 7) is 3.89. The molecule has 23 heavy (non-hydrogen) atoms. The maximum Gasteiger partial charge on any atom is 0.271 e. The van der Waals surface area contributed by atoms with Crippen molar-refractivity contribution < 1.29 is 0 Å². The number of nitrogens with zero attached hydrogens (tertiary/aromatic N) is 3. The van der Waals surface area contributed by atoms with Crippen LogP contribution in [0, 0.1) is 6.92 Å². The number of nitrogens with one attached hydrogen (secondary N) is 1. The maximum atomic E-state index is 12.0. The summed E-state index contributed by atoms with van der Waals surface area (Å²) in [5, 5.41) is 7.66. The Kier molecular flexibility index (Phi) is 4.48. The number of aromatic nitrogens is 2. The molecule has 122 valence electrons. The van der Waals surface area contributed by atoms with E-state index in [1.54, 1.807) is 13.2 Å². The number of hydrogen-bond donors (Lipinski definition) is 1. The molecule has 0 aliphatic carbocycles. The fourth-order valence-corrected chi connectivity index (χ4v) is 3.41. The first-order chi connectivity index (χ1) is 11.0. The molecule has 1 aliphatic heterocycles. The summed E-state index contributed by atoms with van der Waals surface area (Å²) in [6.07, 6.45) is 2.81. The Morgan fingerprint density at radius 3 is 2.65 bits per heavy atom. The zero-order chi connectivity index (χ0) is 16.4. The summed E-state index contributed by atoms with van der Waals surface area (Å²) in [6, 6.07) is 11.0. The van der Waals surface area contributed by atoms with Crippen LogP contribution in [0.5, 0.6) is 0 Å². The molecule has 1 aromatic carbocycles. The molecule has 0 amide bonds. The second-order valence-corrected chi connectivity index (χ2v) is 6.52. The number of benzene rings is 1. The van der Waals surface area contributed by atoms with Gasteiger partial charge in [-0.2, -0.15) is 5.10 Å². The largest absolute Gasteiger partial charge is 0.379 e. The molecular weight excluding hydrogens is 288 g/mol. The first-order valence-electron chi connectivity index (χ1n) is 8.07. The Morgan fingerprint density at radius 2 is 1.91 bits per heavy atom. The highest BCUT2D eigenvalue weighted by Gasteiger charge is 2.26. The van der Waals surface area contributed by atoms with E-state index in [0.717, 1.165) is 30.8 Å². The van der Waals surface area contributed by atoms with Gasteiger partial charge in [-0.15, -0.1) is 0 Å². The number of aryl methyl sites for hydroxylation is 1. The average molecular weight is 312 g/mol. The van der Waals surface area contributed by atoms with Gasteiger partial charge in [-0.3, -0.25) is 4.79 Å². The standard InChI is InChI=1S/C18H24N4O/c1-13-17(10-19-22(3)18(13)23)20-16-9-15(11-21(2)12-16)14-7-5-4-6-8-14/h4-8,10,15-16,20H,9,11-12H2,1-3H3. The maximum absolute atomic E-state index is 12.0. The molecule has 3 rings (SSSR count). The van der Waals surface area contributed by atoms with Gasteiger partial charge in [0.2, 0.25) is 0 Å². The van der Waals surface area contributed by atoms with Crippen LogP contribution in [-0.2, 0) is 7.05 Å². The minimum Gasteiger partial charge on any atom is -0.379 e. The van der Waals surface area contributed by atoms with E-state index in [9.17, 15) is 4.79 Å². The van der Waals surface area contributed by atoms with Crippen molar-refractivity contribution in [1.82, 2.24) is 14.7 Å². The molecular formula is C18H24N4O. The van der Waals surface area contributed by atoms with Crippen LogP contribution in [0.3, 0.4) is 0 Å². The summed E-state index contributed by atoms with van der Waals surface area (Å²) in [4.78, 5) is 14.4. The minimum absolute atomic E-state index is 0.0428. The molecule has 2 heterocycles. The lowest BCUT2D eigenvalue weighted by molar-refractivity contribution is 0.235. The van der Waals surface area contributed by atoms with Gasteiger partial charge in [0, 0.05) is 31.7 Å². The van der Waals surface area contributed by atoms with Crippen LogP contribution >= 0.6 is 0 Å². The number of rotatable bonds is 3. The summed E-state index contributed by atoms with van der Waals surface area (Å²) in [7, 11) is 3.83. The van der Waals surface area contributed by atoms with Gasteiger partial charge >= 0.3 is 0 Å². The predicted molar refractivity (Wildman–Crippen MR) is 92.9 cm³/mol. The first kappa shape index (κ1) is 15.7. The Hall–Kier alpha value is -2.14. The van der Waals surface area contributed by atoms with E-state index in [2.05, 4.69) is 52.7 Å². The summed E-state index contributed by atoms with van der Waals surface area (Å²) in [5.41, 5.74) is 2.91. The Bertz CT molecular complexity index is 726. The van der Waals surface area contributed by atoms with Crippen LogP contribution in [0.4, 0.5) is 5.69 Å². The van der Waals surface area contributed by atoms with Gasteiger partial charge in [-0.25, -0.2) is 4.68 Å². The van der Waals surface area contributed by atoms with Crippen molar-refractivity contribution in [3.8, 4) is 0 Å². The third-order valence-electron chi connectivity index (χ3n) is 4.64. The Balaban J connectivity index is 1.78. The van der Waals surface area contributed by atoms with Gasteiger partial charge in [-0.1, -0.05) is 30.3 Å². The van der Waals surface area contributed by atoms with Crippen molar-refractivity contribution >= 4 is 5.69 Å². The number of likely N-dealkylation sites (tertiary alicyclic amines) is 1. The van der Waals surface area contributed by atoms with Crippen molar-refractivity contribution in [2.45, 2.75) is 25.3 Å². The van der Waals surface area contributed by atoms with Crippen LogP contribution in [0.25, 0.3) is 0 Å². The average Bonchev–Trinajstić information content (AvgIpc) is 2.56. The highest BCUT2D eigenvalue weighted by Crippen LogP contribution is 2.28. The Morgan fingerprint density at radius 1 is 1.17 bits per heavy atom. The van der Waals surface area contributed by atoms with Crippen LogP contribution < -0.4 is 10.9 Å². The fourth-order valence-electron chi connectivity index (χ4n) is 3.41. The molecule has 2 unspecified atom stereocenters. The number of likely N-dealkylation sites (N-methyl/N-ethyl adjacent to an activating group) is 1. The molecule has 1 N–H and O–H groups in total. The van der Waals surface area contributed by atoms with E-state index in [4.69, 9.17) is 0 Å². The molecule has 1 aliphatic rings. The second-order valence-electron chi connectivity index (χ2n) is 6.52. The van der Waals surface area contributed by atoms with E-state index < -0.39 is 0 Å². The van der Waals surface area contributed by atoms with Crippen LogP contribution in [0.15, 0.2) is 41.3 Å². The van der Waals surface area contributed by atoms with Crippen molar-refractivity contribution in [3.63, 3.8) is 0 Å². The van der Waals surface area contributed by atoms with E-state index in [1.807, 2.05) is 6.92 Å². The molecule has 2 aromatic rings. The van der Waals surface area contributed by atoms with Crippen LogP contribution in [0.2, 0.25) is 0 Å². The van der Waals surface area contributed by atoms with Gasteiger partial charge < -0.3 is 10.2 Å².